The van der Waals surface area contributed by atoms with Gasteiger partial charge in [0.15, 0.2) is 0 Å². The van der Waals surface area contributed by atoms with Crippen LogP contribution in [0.15, 0.2) is 24.3 Å². The van der Waals surface area contributed by atoms with Gasteiger partial charge >= 0.3 is 6.09 Å². The molecule has 1 N–H and O–H groups in total. The van der Waals surface area contributed by atoms with Gasteiger partial charge in [0.1, 0.15) is 5.60 Å². The molecule has 0 spiro atoms. The normalized spacial score (nSPS) is 22.0. The third kappa shape index (κ3) is 5.40. The maximum absolute atomic E-state index is 12.3. The van der Waals surface area contributed by atoms with E-state index in [1.807, 2.05) is 49.9 Å². The van der Waals surface area contributed by atoms with Crippen molar-refractivity contribution in [3.8, 4) is 0 Å². The van der Waals surface area contributed by atoms with E-state index in [-0.39, 0.29) is 18.2 Å². The number of halogens is 1. The van der Waals surface area contributed by atoms with Crippen molar-refractivity contribution < 1.29 is 9.53 Å². The quantitative estimate of drug-likeness (QED) is 0.897. The topological polar surface area (TPSA) is 41.6 Å². The van der Waals surface area contributed by atoms with Crippen molar-refractivity contribution in [2.75, 3.05) is 6.54 Å². The van der Waals surface area contributed by atoms with E-state index < -0.39 is 5.60 Å². The number of hydrogen-bond donors (Lipinski definition) is 1. The molecule has 0 aromatic heterocycles. The number of nitrogens with one attached hydrogen (secondary N) is 1. The Morgan fingerprint density at radius 2 is 2.00 bits per heavy atom. The number of rotatable bonds is 3. The highest BCUT2D eigenvalue weighted by molar-refractivity contribution is 6.30. The monoisotopic (exact) mass is 338 g/mol. The van der Waals surface area contributed by atoms with Gasteiger partial charge in [0.2, 0.25) is 0 Å². The van der Waals surface area contributed by atoms with E-state index >= 15 is 0 Å². The Morgan fingerprint density at radius 1 is 1.35 bits per heavy atom. The summed E-state index contributed by atoms with van der Waals surface area (Å²) in [6.45, 7) is 9.31. The molecule has 2 atom stereocenters. The Labute approximate surface area is 144 Å². The second kappa shape index (κ2) is 7.54. The van der Waals surface area contributed by atoms with Crippen LogP contribution in [-0.4, -0.2) is 35.2 Å². The first-order valence-corrected chi connectivity index (χ1v) is 8.61. The van der Waals surface area contributed by atoms with Crippen LogP contribution in [0.4, 0.5) is 4.79 Å². The highest BCUT2D eigenvalue weighted by Gasteiger charge is 2.33. The molecule has 2 unspecified atom stereocenters. The minimum Gasteiger partial charge on any atom is -0.444 e. The molecule has 5 heteroatoms. The standard InChI is InChI=1S/C18H27ClN2O2/c1-13-16(20-12-14-7-9-15(19)10-8-14)6-5-11-21(13)17(22)23-18(2,3)4/h7-10,13,16,20H,5-6,11-12H2,1-4H3. The van der Waals surface area contributed by atoms with Gasteiger partial charge in [-0.2, -0.15) is 0 Å². The smallest absolute Gasteiger partial charge is 0.410 e. The molecule has 1 saturated heterocycles. The van der Waals surface area contributed by atoms with Gasteiger partial charge in [0, 0.05) is 30.2 Å². The molecule has 128 valence electrons. The third-order valence-corrected chi connectivity index (χ3v) is 4.35. The highest BCUT2D eigenvalue weighted by atomic mass is 35.5. The second-order valence-corrected chi connectivity index (χ2v) is 7.61. The summed E-state index contributed by atoms with van der Waals surface area (Å²) in [4.78, 5) is 14.2. The summed E-state index contributed by atoms with van der Waals surface area (Å²) >= 11 is 5.91. The van der Waals surface area contributed by atoms with Gasteiger partial charge in [-0.1, -0.05) is 23.7 Å². The Bertz CT molecular complexity index is 525. The van der Waals surface area contributed by atoms with Crippen molar-refractivity contribution in [2.24, 2.45) is 0 Å². The molecular formula is C18H27ClN2O2. The third-order valence-electron chi connectivity index (χ3n) is 4.10. The molecule has 0 aliphatic carbocycles. The molecule has 1 aliphatic rings. The zero-order chi connectivity index (χ0) is 17.0. The van der Waals surface area contributed by atoms with Gasteiger partial charge in [-0.05, 0) is 58.2 Å². The summed E-state index contributed by atoms with van der Waals surface area (Å²) in [5.74, 6) is 0. The fourth-order valence-corrected chi connectivity index (χ4v) is 2.97. The van der Waals surface area contributed by atoms with Crippen molar-refractivity contribution in [3.63, 3.8) is 0 Å². The minimum absolute atomic E-state index is 0.117. The van der Waals surface area contributed by atoms with Gasteiger partial charge in [0.25, 0.3) is 0 Å². The maximum atomic E-state index is 12.3. The molecular weight excluding hydrogens is 312 g/mol. The summed E-state index contributed by atoms with van der Waals surface area (Å²) in [7, 11) is 0. The molecule has 2 rings (SSSR count). The van der Waals surface area contributed by atoms with Crippen LogP contribution >= 0.6 is 11.6 Å². The van der Waals surface area contributed by atoms with E-state index in [1.165, 1.54) is 5.56 Å². The first kappa shape index (κ1) is 18.1. The van der Waals surface area contributed by atoms with Crippen molar-refractivity contribution in [2.45, 2.75) is 64.8 Å². The van der Waals surface area contributed by atoms with E-state index in [0.29, 0.717) is 0 Å². The SMILES string of the molecule is CC1C(NCc2ccc(Cl)cc2)CCCN1C(=O)OC(C)(C)C. The average Bonchev–Trinajstić information content (AvgIpc) is 2.46. The molecule has 1 heterocycles. The molecule has 0 saturated carbocycles. The Balaban J connectivity index is 1.92. The lowest BCUT2D eigenvalue weighted by Crippen LogP contribution is -2.55. The number of piperidine rings is 1. The first-order chi connectivity index (χ1) is 10.8. The van der Waals surface area contributed by atoms with Crippen molar-refractivity contribution in [3.05, 3.63) is 34.9 Å². The van der Waals surface area contributed by atoms with Gasteiger partial charge in [0.05, 0.1) is 0 Å². The molecule has 0 radical (unpaired) electrons. The number of carbonyl (C=O) groups excluding carboxylic acids is 1. The summed E-state index contributed by atoms with van der Waals surface area (Å²) in [5, 5.41) is 4.31. The van der Waals surface area contributed by atoms with Gasteiger partial charge in [-0.25, -0.2) is 4.79 Å². The van der Waals surface area contributed by atoms with Crippen LogP contribution < -0.4 is 5.32 Å². The van der Waals surface area contributed by atoms with Crippen LogP contribution in [0.3, 0.4) is 0 Å². The van der Waals surface area contributed by atoms with Crippen LogP contribution in [-0.2, 0) is 11.3 Å². The summed E-state index contributed by atoms with van der Waals surface area (Å²) in [6, 6.07) is 8.23. The van der Waals surface area contributed by atoms with E-state index in [4.69, 9.17) is 16.3 Å². The lowest BCUT2D eigenvalue weighted by Gasteiger charge is -2.40. The van der Waals surface area contributed by atoms with Crippen molar-refractivity contribution in [1.82, 2.24) is 10.2 Å². The average molecular weight is 339 g/mol. The fraction of sp³-hybridized carbons (Fsp3) is 0.611. The van der Waals surface area contributed by atoms with Gasteiger partial charge in [-0.3, -0.25) is 0 Å². The number of hydrogen-bond acceptors (Lipinski definition) is 3. The van der Waals surface area contributed by atoms with Crippen LogP contribution in [0.5, 0.6) is 0 Å². The molecule has 1 aromatic rings. The fourth-order valence-electron chi connectivity index (χ4n) is 2.85. The molecule has 0 bridgehead atoms. The van der Waals surface area contributed by atoms with Crippen molar-refractivity contribution in [1.29, 1.82) is 0 Å². The number of amides is 1. The number of carbonyl (C=O) groups is 1. The minimum atomic E-state index is -0.458. The maximum Gasteiger partial charge on any atom is 0.410 e. The summed E-state index contributed by atoms with van der Waals surface area (Å²) < 4.78 is 5.52. The van der Waals surface area contributed by atoms with Crippen LogP contribution in [0.2, 0.25) is 5.02 Å². The molecule has 23 heavy (non-hydrogen) atoms. The lowest BCUT2D eigenvalue weighted by atomic mass is 9.97. The van der Waals surface area contributed by atoms with Gasteiger partial charge < -0.3 is 15.0 Å². The van der Waals surface area contributed by atoms with E-state index in [9.17, 15) is 4.79 Å². The van der Waals surface area contributed by atoms with Crippen LogP contribution in [0, 0.1) is 0 Å². The number of ether oxygens (including phenoxy) is 1. The Kier molecular flexibility index (Phi) is 5.93. The number of nitrogens with zero attached hydrogens (tertiary/aromatic N) is 1. The summed E-state index contributed by atoms with van der Waals surface area (Å²) in [5.41, 5.74) is 0.733. The number of benzene rings is 1. The molecule has 4 nitrogen and oxygen atoms in total. The summed E-state index contributed by atoms with van der Waals surface area (Å²) in [6.07, 6.45) is 1.83. The largest absolute Gasteiger partial charge is 0.444 e. The predicted octanol–water partition coefficient (Wildman–Crippen LogP) is 4.22. The molecule has 1 fully saturated rings. The second-order valence-electron chi connectivity index (χ2n) is 7.17. The zero-order valence-electron chi connectivity index (χ0n) is 14.4. The zero-order valence-corrected chi connectivity index (χ0v) is 15.2. The molecule has 1 aliphatic heterocycles. The number of likely N-dealkylation sites (tertiary alicyclic amines) is 1. The van der Waals surface area contributed by atoms with Crippen LogP contribution in [0.25, 0.3) is 0 Å². The van der Waals surface area contributed by atoms with E-state index in [2.05, 4.69) is 12.2 Å². The molecule has 1 amide bonds. The molecule has 1 aromatic carbocycles. The first-order valence-electron chi connectivity index (χ1n) is 8.24. The lowest BCUT2D eigenvalue weighted by molar-refractivity contribution is 0.00699. The van der Waals surface area contributed by atoms with E-state index in [0.717, 1.165) is 31.0 Å². The highest BCUT2D eigenvalue weighted by Crippen LogP contribution is 2.21. The van der Waals surface area contributed by atoms with Crippen molar-refractivity contribution >= 4 is 17.7 Å². The Hall–Kier alpha value is -1.26. The predicted molar refractivity (Wildman–Crippen MR) is 93.7 cm³/mol. The Morgan fingerprint density at radius 3 is 2.61 bits per heavy atom. The van der Waals surface area contributed by atoms with E-state index in [1.54, 1.807) is 0 Å². The van der Waals surface area contributed by atoms with Gasteiger partial charge in [-0.15, -0.1) is 0 Å². The van der Waals surface area contributed by atoms with Crippen LogP contribution in [0.1, 0.15) is 46.1 Å².